The van der Waals surface area contributed by atoms with Gasteiger partial charge in [-0.15, -0.1) is 0 Å². The number of halogens is 1. The molecule has 1 heterocycles. The molecule has 2 aromatic rings. The zero-order chi connectivity index (χ0) is 11.5. The molecule has 0 unspecified atom stereocenters. The zero-order valence-electron chi connectivity index (χ0n) is 9.37. The first-order valence-corrected chi connectivity index (χ1v) is 5.14. The van der Waals surface area contributed by atoms with Crippen molar-refractivity contribution in [2.45, 2.75) is 13.5 Å². The Labute approximate surface area is 93.9 Å². The summed E-state index contributed by atoms with van der Waals surface area (Å²) in [7, 11) is 1.86. The second kappa shape index (κ2) is 4.35. The molecular formula is C12H14FN3. The number of nitrogens with one attached hydrogen (secondary N) is 1. The summed E-state index contributed by atoms with van der Waals surface area (Å²) in [5, 5.41) is 7.28. The monoisotopic (exact) mass is 219 g/mol. The van der Waals surface area contributed by atoms with Crippen LogP contribution in [0, 0.1) is 12.7 Å². The number of hydrogen-bond acceptors (Lipinski definition) is 2. The Balaban J connectivity index is 2.10. The molecule has 1 aromatic carbocycles. The third-order valence-electron chi connectivity index (χ3n) is 2.44. The molecule has 0 fully saturated rings. The van der Waals surface area contributed by atoms with Crippen molar-refractivity contribution in [1.82, 2.24) is 9.78 Å². The average molecular weight is 219 g/mol. The number of para-hydroxylation sites is 1. The van der Waals surface area contributed by atoms with E-state index < -0.39 is 0 Å². The summed E-state index contributed by atoms with van der Waals surface area (Å²) in [5.74, 6) is -0.226. The highest BCUT2D eigenvalue weighted by atomic mass is 19.1. The molecule has 2 rings (SSSR count). The number of rotatable bonds is 3. The molecule has 16 heavy (non-hydrogen) atoms. The van der Waals surface area contributed by atoms with E-state index in [4.69, 9.17) is 0 Å². The van der Waals surface area contributed by atoms with Crippen LogP contribution in [0.3, 0.4) is 0 Å². The molecule has 0 saturated heterocycles. The Kier molecular flexibility index (Phi) is 2.90. The lowest BCUT2D eigenvalue weighted by Gasteiger charge is -2.08. The fraction of sp³-hybridized carbons (Fsp3) is 0.250. The molecule has 0 saturated carbocycles. The van der Waals surface area contributed by atoms with Gasteiger partial charge in [-0.1, -0.05) is 12.1 Å². The number of benzene rings is 1. The van der Waals surface area contributed by atoms with E-state index in [1.54, 1.807) is 10.7 Å². The smallest absolute Gasteiger partial charge is 0.146 e. The molecule has 0 amide bonds. The molecule has 1 aromatic heterocycles. The molecule has 0 aliphatic carbocycles. The summed E-state index contributed by atoms with van der Waals surface area (Å²) in [5.41, 5.74) is 2.34. The normalized spacial score (nSPS) is 10.4. The summed E-state index contributed by atoms with van der Waals surface area (Å²) in [6.07, 6.45) is 1.87. The van der Waals surface area contributed by atoms with Crippen LogP contribution in [-0.2, 0) is 13.6 Å². The second-order valence-electron chi connectivity index (χ2n) is 3.77. The molecule has 84 valence electrons. The van der Waals surface area contributed by atoms with Gasteiger partial charge in [-0.25, -0.2) is 4.39 Å². The van der Waals surface area contributed by atoms with Crippen LogP contribution < -0.4 is 5.32 Å². The molecule has 0 radical (unpaired) electrons. The van der Waals surface area contributed by atoms with Gasteiger partial charge in [-0.3, -0.25) is 4.68 Å². The second-order valence-corrected chi connectivity index (χ2v) is 3.77. The van der Waals surface area contributed by atoms with Gasteiger partial charge >= 0.3 is 0 Å². The SMILES string of the molecule is Cc1cccc(F)c1NCc1ccn(C)n1. The van der Waals surface area contributed by atoms with Crippen LogP contribution in [0.15, 0.2) is 30.5 Å². The van der Waals surface area contributed by atoms with Crippen LogP contribution in [0.1, 0.15) is 11.3 Å². The topological polar surface area (TPSA) is 29.9 Å². The van der Waals surface area contributed by atoms with Crippen LogP contribution in [0.5, 0.6) is 0 Å². The maximum Gasteiger partial charge on any atom is 0.146 e. The van der Waals surface area contributed by atoms with Crippen molar-refractivity contribution in [1.29, 1.82) is 0 Å². The lowest BCUT2D eigenvalue weighted by atomic mass is 10.2. The van der Waals surface area contributed by atoms with E-state index in [9.17, 15) is 4.39 Å². The molecule has 3 nitrogen and oxygen atoms in total. The average Bonchev–Trinajstić information content (AvgIpc) is 2.63. The number of nitrogens with zero attached hydrogens (tertiary/aromatic N) is 2. The lowest BCUT2D eigenvalue weighted by molar-refractivity contribution is 0.628. The first-order valence-electron chi connectivity index (χ1n) is 5.14. The Morgan fingerprint density at radius 3 is 2.81 bits per heavy atom. The van der Waals surface area contributed by atoms with Gasteiger partial charge in [-0.2, -0.15) is 5.10 Å². The van der Waals surface area contributed by atoms with Crippen molar-refractivity contribution < 1.29 is 4.39 Å². The van der Waals surface area contributed by atoms with Crippen molar-refractivity contribution in [3.63, 3.8) is 0 Å². The summed E-state index contributed by atoms with van der Waals surface area (Å²) >= 11 is 0. The summed E-state index contributed by atoms with van der Waals surface area (Å²) < 4.78 is 15.2. The van der Waals surface area contributed by atoms with Crippen LogP contribution in [0.2, 0.25) is 0 Å². The van der Waals surface area contributed by atoms with Crippen molar-refractivity contribution in [2.75, 3.05) is 5.32 Å². The van der Waals surface area contributed by atoms with E-state index in [0.29, 0.717) is 12.2 Å². The van der Waals surface area contributed by atoms with Gasteiger partial charge in [0.2, 0.25) is 0 Å². The molecule has 4 heteroatoms. The van der Waals surface area contributed by atoms with E-state index >= 15 is 0 Å². The molecule has 0 atom stereocenters. The van der Waals surface area contributed by atoms with E-state index in [1.807, 2.05) is 32.3 Å². The predicted octanol–water partition coefficient (Wildman–Crippen LogP) is 2.48. The molecule has 1 N–H and O–H groups in total. The zero-order valence-corrected chi connectivity index (χ0v) is 9.37. The van der Waals surface area contributed by atoms with Gasteiger partial charge in [-0.05, 0) is 24.6 Å². The molecule has 0 spiro atoms. The van der Waals surface area contributed by atoms with Crippen molar-refractivity contribution in [2.24, 2.45) is 7.05 Å². The Morgan fingerprint density at radius 1 is 1.38 bits per heavy atom. The first-order chi connectivity index (χ1) is 7.66. The van der Waals surface area contributed by atoms with Gasteiger partial charge in [0.1, 0.15) is 5.82 Å². The minimum atomic E-state index is -0.226. The highest BCUT2D eigenvalue weighted by Crippen LogP contribution is 2.19. The van der Waals surface area contributed by atoms with E-state index in [0.717, 1.165) is 11.3 Å². The Morgan fingerprint density at radius 2 is 2.19 bits per heavy atom. The lowest BCUT2D eigenvalue weighted by Crippen LogP contribution is -2.04. The molecule has 0 aliphatic rings. The Hall–Kier alpha value is -1.84. The summed E-state index contributed by atoms with van der Waals surface area (Å²) in [6, 6.07) is 6.94. The Bertz CT molecular complexity index is 471. The van der Waals surface area contributed by atoms with Crippen LogP contribution >= 0.6 is 0 Å². The number of hydrogen-bond donors (Lipinski definition) is 1. The molecule has 0 aliphatic heterocycles. The van der Waals surface area contributed by atoms with Crippen LogP contribution in [0.4, 0.5) is 10.1 Å². The number of aryl methyl sites for hydroxylation is 2. The van der Waals surface area contributed by atoms with Gasteiger partial charge in [0.25, 0.3) is 0 Å². The van der Waals surface area contributed by atoms with Gasteiger partial charge in [0.05, 0.1) is 17.9 Å². The number of aromatic nitrogens is 2. The fourth-order valence-corrected chi connectivity index (χ4v) is 1.59. The maximum absolute atomic E-state index is 13.5. The standard InChI is InChI=1S/C12H14FN3/c1-9-4-3-5-11(13)12(9)14-8-10-6-7-16(2)15-10/h3-7,14H,8H2,1-2H3. The van der Waals surface area contributed by atoms with Gasteiger partial charge < -0.3 is 5.32 Å². The third kappa shape index (κ3) is 2.21. The van der Waals surface area contributed by atoms with Crippen LogP contribution in [-0.4, -0.2) is 9.78 Å². The minimum Gasteiger partial charge on any atom is -0.377 e. The molecule has 0 bridgehead atoms. The molecular weight excluding hydrogens is 205 g/mol. The van der Waals surface area contributed by atoms with Crippen molar-refractivity contribution in [3.05, 3.63) is 47.5 Å². The highest BCUT2D eigenvalue weighted by molar-refractivity contribution is 5.51. The minimum absolute atomic E-state index is 0.226. The summed E-state index contributed by atoms with van der Waals surface area (Å²) in [6.45, 7) is 2.41. The third-order valence-corrected chi connectivity index (χ3v) is 2.44. The van der Waals surface area contributed by atoms with E-state index in [-0.39, 0.29) is 5.82 Å². The quantitative estimate of drug-likeness (QED) is 0.859. The highest BCUT2D eigenvalue weighted by Gasteiger charge is 2.05. The maximum atomic E-state index is 13.5. The van der Waals surface area contributed by atoms with Gasteiger partial charge in [0, 0.05) is 13.2 Å². The summed E-state index contributed by atoms with van der Waals surface area (Å²) in [4.78, 5) is 0. The first kappa shape index (κ1) is 10.7. The predicted molar refractivity (Wildman–Crippen MR) is 61.7 cm³/mol. The van der Waals surface area contributed by atoms with E-state index in [2.05, 4.69) is 10.4 Å². The van der Waals surface area contributed by atoms with Crippen LogP contribution in [0.25, 0.3) is 0 Å². The largest absolute Gasteiger partial charge is 0.377 e. The fourth-order valence-electron chi connectivity index (χ4n) is 1.59. The van der Waals surface area contributed by atoms with E-state index in [1.165, 1.54) is 6.07 Å². The van der Waals surface area contributed by atoms with Crippen molar-refractivity contribution >= 4 is 5.69 Å². The van der Waals surface area contributed by atoms with Gasteiger partial charge in [0.15, 0.2) is 0 Å². The number of anilines is 1. The van der Waals surface area contributed by atoms with Crippen molar-refractivity contribution in [3.8, 4) is 0 Å².